The standard InChI is InChI=1S/C18H21ClN2O3/c1-3-24-18(23)16-11(2)4-5-12-9-21(10-14(12)16)17(22)15-7-6-13(19)8-20-15/h4-8,11-12,14,16H,3,9-10H2,1-2H3/t11-,12-,14-,16-/m0/s1. The van der Waals surface area contributed by atoms with Gasteiger partial charge in [-0.25, -0.2) is 4.98 Å². The smallest absolute Gasteiger partial charge is 0.309 e. The SMILES string of the molecule is CCOC(=O)[C@@H]1[C@H]2CN(C(=O)c3ccc(Cl)cn3)C[C@@H]2C=C[C@@H]1C. The van der Waals surface area contributed by atoms with Crippen molar-refractivity contribution >= 4 is 23.5 Å². The molecular weight excluding hydrogens is 328 g/mol. The maximum absolute atomic E-state index is 12.7. The second-order valence-corrected chi connectivity index (χ2v) is 6.86. The maximum Gasteiger partial charge on any atom is 0.309 e. The first kappa shape index (κ1) is 17.0. The van der Waals surface area contributed by atoms with Gasteiger partial charge < -0.3 is 9.64 Å². The van der Waals surface area contributed by atoms with E-state index < -0.39 is 0 Å². The van der Waals surface area contributed by atoms with Crippen LogP contribution < -0.4 is 0 Å². The Kier molecular flexibility index (Phi) is 4.90. The number of halogens is 1. The lowest BCUT2D eigenvalue weighted by Crippen LogP contribution is -2.37. The zero-order valence-corrected chi connectivity index (χ0v) is 14.6. The van der Waals surface area contributed by atoms with Crippen LogP contribution in [0.2, 0.25) is 5.02 Å². The average molecular weight is 349 g/mol. The van der Waals surface area contributed by atoms with Crippen LogP contribution in [0.25, 0.3) is 0 Å². The Hall–Kier alpha value is -1.88. The van der Waals surface area contributed by atoms with Crippen molar-refractivity contribution in [2.75, 3.05) is 19.7 Å². The third-order valence-electron chi connectivity index (χ3n) is 4.89. The molecule has 0 bridgehead atoms. The number of rotatable bonds is 3. The summed E-state index contributed by atoms with van der Waals surface area (Å²) in [7, 11) is 0. The number of carbonyl (C=O) groups excluding carboxylic acids is 2. The summed E-state index contributed by atoms with van der Waals surface area (Å²) < 4.78 is 5.25. The Bertz CT molecular complexity index is 659. The first-order valence-electron chi connectivity index (χ1n) is 8.27. The van der Waals surface area contributed by atoms with E-state index in [1.165, 1.54) is 6.20 Å². The molecule has 1 amide bonds. The second-order valence-electron chi connectivity index (χ2n) is 6.42. The van der Waals surface area contributed by atoms with E-state index in [9.17, 15) is 9.59 Å². The highest BCUT2D eigenvalue weighted by Crippen LogP contribution is 2.40. The van der Waals surface area contributed by atoms with Crippen LogP contribution in [-0.2, 0) is 9.53 Å². The van der Waals surface area contributed by atoms with Gasteiger partial charge in [0, 0.05) is 19.3 Å². The Morgan fingerprint density at radius 2 is 2.12 bits per heavy atom. The summed E-state index contributed by atoms with van der Waals surface area (Å²) in [5.74, 6) is -0.0786. The van der Waals surface area contributed by atoms with Gasteiger partial charge in [0.05, 0.1) is 17.5 Å². The summed E-state index contributed by atoms with van der Waals surface area (Å²) in [6, 6.07) is 3.29. The Morgan fingerprint density at radius 1 is 1.33 bits per heavy atom. The van der Waals surface area contributed by atoms with Gasteiger partial charge in [0.2, 0.25) is 0 Å². The topological polar surface area (TPSA) is 59.5 Å². The van der Waals surface area contributed by atoms with E-state index in [-0.39, 0.29) is 35.5 Å². The lowest BCUT2D eigenvalue weighted by molar-refractivity contribution is -0.152. The van der Waals surface area contributed by atoms with Crippen molar-refractivity contribution in [1.29, 1.82) is 0 Å². The molecule has 1 aromatic heterocycles. The van der Waals surface area contributed by atoms with Gasteiger partial charge in [0.25, 0.3) is 5.91 Å². The number of fused-ring (bicyclic) bond motifs is 1. The van der Waals surface area contributed by atoms with E-state index in [1.807, 2.05) is 13.8 Å². The number of pyridine rings is 1. The van der Waals surface area contributed by atoms with E-state index in [2.05, 4.69) is 17.1 Å². The van der Waals surface area contributed by atoms with Crippen LogP contribution in [0.4, 0.5) is 0 Å². The molecule has 1 aromatic rings. The van der Waals surface area contributed by atoms with E-state index >= 15 is 0 Å². The number of aromatic nitrogens is 1. The predicted octanol–water partition coefficient (Wildman–Crippen LogP) is 2.81. The highest BCUT2D eigenvalue weighted by Gasteiger charge is 2.46. The fourth-order valence-electron chi connectivity index (χ4n) is 3.72. The molecule has 4 atom stereocenters. The van der Waals surface area contributed by atoms with Gasteiger partial charge in [-0.1, -0.05) is 30.7 Å². The van der Waals surface area contributed by atoms with Crippen LogP contribution in [0, 0.1) is 23.7 Å². The second kappa shape index (κ2) is 6.93. The van der Waals surface area contributed by atoms with Crippen LogP contribution in [0.15, 0.2) is 30.5 Å². The minimum atomic E-state index is -0.198. The molecule has 5 nitrogen and oxygen atoms in total. The molecule has 0 spiro atoms. The number of amides is 1. The molecule has 0 radical (unpaired) electrons. The minimum absolute atomic E-state index is 0.0975. The third-order valence-corrected chi connectivity index (χ3v) is 5.12. The van der Waals surface area contributed by atoms with Crippen molar-refractivity contribution in [1.82, 2.24) is 9.88 Å². The van der Waals surface area contributed by atoms with Crippen molar-refractivity contribution in [2.45, 2.75) is 13.8 Å². The molecule has 0 aromatic carbocycles. The number of esters is 1. The number of hydrogen-bond acceptors (Lipinski definition) is 4. The quantitative estimate of drug-likeness (QED) is 0.622. The predicted molar refractivity (Wildman–Crippen MR) is 90.6 cm³/mol. The molecule has 1 aliphatic heterocycles. The fourth-order valence-corrected chi connectivity index (χ4v) is 3.84. The molecular formula is C18H21ClN2O3. The monoisotopic (exact) mass is 348 g/mol. The Morgan fingerprint density at radius 3 is 2.79 bits per heavy atom. The fraction of sp³-hybridized carbons (Fsp3) is 0.500. The minimum Gasteiger partial charge on any atom is -0.466 e. The molecule has 6 heteroatoms. The molecule has 0 unspecified atom stereocenters. The number of carbonyl (C=O) groups is 2. The van der Waals surface area contributed by atoms with Crippen LogP contribution in [-0.4, -0.2) is 41.5 Å². The molecule has 1 fully saturated rings. The van der Waals surface area contributed by atoms with Gasteiger partial charge in [0.15, 0.2) is 0 Å². The van der Waals surface area contributed by atoms with E-state index in [4.69, 9.17) is 16.3 Å². The molecule has 0 N–H and O–H groups in total. The van der Waals surface area contributed by atoms with Gasteiger partial charge in [-0.2, -0.15) is 0 Å². The highest BCUT2D eigenvalue weighted by atomic mass is 35.5. The first-order chi connectivity index (χ1) is 11.5. The lowest BCUT2D eigenvalue weighted by Gasteiger charge is -2.31. The largest absolute Gasteiger partial charge is 0.466 e. The van der Waals surface area contributed by atoms with Gasteiger partial charge in [-0.15, -0.1) is 0 Å². The number of hydrogen-bond donors (Lipinski definition) is 0. The van der Waals surface area contributed by atoms with Crippen LogP contribution in [0.1, 0.15) is 24.3 Å². The number of allylic oxidation sites excluding steroid dienone is 1. The van der Waals surface area contributed by atoms with Crippen molar-refractivity contribution in [3.05, 3.63) is 41.2 Å². The lowest BCUT2D eigenvalue weighted by atomic mass is 9.72. The average Bonchev–Trinajstić information content (AvgIpc) is 2.99. The van der Waals surface area contributed by atoms with Crippen LogP contribution >= 0.6 is 11.6 Å². The van der Waals surface area contributed by atoms with Crippen molar-refractivity contribution in [3.8, 4) is 0 Å². The van der Waals surface area contributed by atoms with E-state index in [0.29, 0.717) is 30.4 Å². The summed E-state index contributed by atoms with van der Waals surface area (Å²) in [5, 5.41) is 0.501. The van der Waals surface area contributed by atoms with Crippen molar-refractivity contribution in [2.24, 2.45) is 23.7 Å². The Balaban J connectivity index is 1.77. The number of likely N-dealkylation sites (tertiary alicyclic amines) is 1. The van der Waals surface area contributed by atoms with Crippen molar-refractivity contribution < 1.29 is 14.3 Å². The molecule has 1 aliphatic carbocycles. The summed E-state index contributed by atoms with van der Waals surface area (Å²) in [4.78, 5) is 30.9. The maximum atomic E-state index is 12.7. The van der Waals surface area contributed by atoms with E-state index in [0.717, 1.165) is 0 Å². The van der Waals surface area contributed by atoms with Crippen LogP contribution in [0.3, 0.4) is 0 Å². The summed E-state index contributed by atoms with van der Waals surface area (Å²) >= 11 is 5.83. The molecule has 24 heavy (non-hydrogen) atoms. The van der Waals surface area contributed by atoms with Crippen molar-refractivity contribution in [3.63, 3.8) is 0 Å². The number of nitrogens with zero attached hydrogens (tertiary/aromatic N) is 2. The van der Waals surface area contributed by atoms with Gasteiger partial charge in [-0.3, -0.25) is 9.59 Å². The van der Waals surface area contributed by atoms with Crippen LogP contribution in [0.5, 0.6) is 0 Å². The zero-order valence-electron chi connectivity index (χ0n) is 13.8. The van der Waals surface area contributed by atoms with Gasteiger partial charge >= 0.3 is 5.97 Å². The van der Waals surface area contributed by atoms with Gasteiger partial charge in [-0.05, 0) is 36.8 Å². The molecule has 2 heterocycles. The molecule has 2 aliphatic rings. The molecule has 0 saturated carbocycles. The number of ether oxygens (including phenoxy) is 1. The van der Waals surface area contributed by atoms with Gasteiger partial charge in [0.1, 0.15) is 5.69 Å². The Labute approximate surface area is 146 Å². The molecule has 1 saturated heterocycles. The summed E-state index contributed by atoms with van der Waals surface area (Å²) in [6.45, 7) is 5.37. The zero-order chi connectivity index (χ0) is 17.3. The summed E-state index contributed by atoms with van der Waals surface area (Å²) in [6.07, 6.45) is 5.67. The summed E-state index contributed by atoms with van der Waals surface area (Å²) in [5.41, 5.74) is 0.378. The first-order valence-corrected chi connectivity index (χ1v) is 8.64. The highest BCUT2D eigenvalue weighted by molar-refractivity contribution is 6.30. The third kappa shape index (κ3) is 3.18. The molecule has 128 valence electrons. The normalized spacial score (nSPS) is 28.5. The van der Waals surface area contributed by atoms with E-state index in [1.54, 1.807) is 17.0 Å². The molecule has 3 rings (SSSR count).